The van der Waals surface area contributed by atoms with Crippen molar-refractivity contribution in [3.63, 3.8) is 0 Å². The molecule has 0 saturated carbocycles. The molecule has 0 aliphatic heterocycles. The molecular weight excluding hydrogens is 302 g/mol. The predicted molar refractivity (Wildman–Crippen MR) is 76.5 cm³/mol. The number of thiophene rings is 2. The van der Waals surface area contributed by atoms with Gasteiger partial charge < -0.3 is 5.32 Å². The Morgan fingerprint density at radius 1 is 1.44 bits per heavy atom. The van der Waals surface area contributed by atoms with E-state index in [-0.39, 0.29) is 0 Å². The van der Waals surface area contributed by atoms with Crippen LogP contribution in [0.5, 0.6) is 0 Å². The highest BCUT2D eigenvalue weighted by atomic mass is 79.9. The molecular formula is C12H14BrNS2. The summed E-state index contributed by atoms with van der Waals surface area (Å²) in [6.07, 6.45) is 0. The van der Waals surface area contributed by atoms with Crippen molar-refractivity contribution in [3.05, 3.63) is 43.2 Å². The van der Waals surface area contributed by atoms with Crippen LogP contribution in [0.15, 0.2) is 32.1 Å². The molecule has 2 rings (SSSR count). The fraction of sp³-hybridized carbons (Fsp3) is 0.333. The third-order valence-corrected chi connectivity index (χ3v) is 4.77. The molecule has 0 aliphatic carbocycles. The highest BCUT2D eigenvalue weighted by molar-refractivity contribution is 9.11. The van der Waals surface area contributed by atoms with Crippen LogP contribution in [-0.2, 0) is 6.54 Å². The highest BCUT2D eigenvalue weighted by Crippen LogP contribution is 2.21. The zero-order valence-corrected chi connectivity index (χ0v) is 12.3. The Hall–Kier alpha value is -0.160. The fourth-order valence-electron chi connectivity index (χ4n) is 1.54. The Labute approximate surface area is 113 Å². The van der Waals surface area contributed by atoms with Crippen LogP contribution >= 0.6 is 38.6 Å². The van der Waals surface area contributed by atoms with Gasteiger partial charge in [-0.05, 0) is 61.2 Å². The molecule has 0 aromatic carbocycles. The van der Waals surface area contributed by atoms with E-state index >= 15 is 0 Å². The van der Waals surface area contributed by atoms with Gasteiger partial charge in [0, 0.05) is 13.1 Å². The summed E-state index contributed by atoms with van der Waals surface area (Å²) in [6, 6.07) is 4.38. The third kappa shape index (κ3) is 3.42. The van der Waals surface area contributed by atoms with E-state index in [9.17, 15) is 0 Å². The average Bonchev–Trinajstić information content (AvgIpc) is 2.89. The quantitative estimate of drug-likeness (QED) is 0.858. The molecule has 0 saturated heterocycles. The monoisotopic (exact) mass is 315 g/mol. The summed E-state index contributed by atoms with van der Waals surface area (Å²) in [7, 11) is 0. The van der Waals surface area contributed by atoms with Crippen molar-refractivity contribution in [1.29, 1.82) is 0 Å². The Bertz CT molecular complexity index is 422. The van der Waals surface area contributed by atoms with Crippen LogP contribution in [0.3, 0.4) is 0 Å². The largest absolute Gasteiger partial charge is 0.312 e. The van der Waals surface area contributed by atoms with Crippen molar-refractivity contribution in [2.75, 3.05) is 6.54 Å². The summed E-state index contributed by atoms with van der Waals surface area (Å²) in [6.45, 7) is 4.25. The first-order valence-corrected chi connectivity index (χ1v) is 7.83. The lowest BCUT2D eigenvalue weighted by molar-refractivity contribution is 0.617. The number of nitrogens with one attached hydrogen (secondary N) is 1. The summed E-state index contributed by atoms with van der Waals surface area (Å²) < 4.78 is 1.20. The number of hydrogen-bond donors (Lipinski definition) is 1. The van der Waals surface area contributed by atoms with Gasteiger partial charge in [0.1, 0.15) is 0 Å². The van der Waals surface area contributed by atoms with Crippen LogP contribution in [0.2, 0.25) is 0 Å². The smallest absolute Gasteiger partial charge is 0.0701 e. The summed E-state index contributed by atoms with van der Waals surface area (Å²) in [5.41, 5.74) is 2.79. The minimum Gasteiger partial charge on any atom is -0.312 e. The van der Waals surface area contributed by atoms with Crippen molar-refractivity contribution in [2.24, 2.45) is 0 Å². The van der Waals surface area contributed by atoms with E-state index in [1.807, 2.05) is 0 Å². The van der Waals surface area contributed by atoms with E-state index in [2.05, 4.69) is 56.4 Å². The van der Waals surface area contributed by atoms with E-state index < -0.39 is 0 Å². The maximum Gasteiger partial charge on any atom is 0.0701 e. The zero-order valence-electron chi connectivity index (χ0n) is 9.07. The Morgan fingerprint density at radius 3 is 2.94 bits per heavy atom. The van der Waals surface area contributed by atoms with Gasteiger partial charge in [-0.15, -0.1) is 11.3 Å². The molecule has 0 radical (unpaired) electrons. The van der Waals surface area contributed by atoms with Crippen LogP contribution in [-0.4, -0.2) is 6.54 Å². The van der Waals surface area contributed by atoms with Gasteiger partial charge >= 0.3 is 0 Å². The zero-order chi connectivity index (χ0) is 11.4. The molecule has 0 aliphatic rings. The van der Waals surface area contributed by atoms with E-state index in [4.69, 9.17) is 0 Å². The van der Waals surface area contributed by atoms with Gasteiger partial charge in [-0.2, -0.15) is 11.3 Å². The molecule has 1 unspecified atom stereocenters. The average molecular weight is 316 g/mol. The maximum atomic E-state index is 3.49. The van der Waals surface area contributed by atoms with Gasteiger partial charge in [0.15, 0.2) is 0 Å². The van der Waals surface area contributed by atoms with Gasteiger partial charge in [0.05, 0.1) is 3.79 Å². The summed E-state index contributed by atoms with van der Waals surface area (Å²) in [5, 5.41) is 10.1. The molecule has 4 heteroatoms. The summed E-state index contributed by atoms with van der Waals surface area (Å²) in [4.78, 5) is 0. The number of halogens is 1. The molecule has 0 amide bonds. The summed E-state index contributed by atoms with van der Waals surface area (Å²) in [5.74, 6) is 0.591. The molecule has 2 aromatic rings. The lowest BCUT2D eigenvalue weighted by Gasteiger charge is -2.10. The second-order valence-electron chi connectivity index (χ2n) is 3.85. The van der Waals surface area contributed by atoms with E-state index in [1.165, 1.54) is 14.9 Å². The van der Waals surface area contributed by atoms with Crippen molar-refractivity contribution >= 4 is 38.6 Å². The van der Waals surface area contributed by atoms with Gasteiger partial charge in [0.25, 0.3) is 0 Å². The first-order valence-electron chi connectivity index (χ1n) is 5.21. The Morgan fingerprint density at radius 2 is 2.31 bits per heavy atom. The van der Waals surface area contributed by atoms with Gasteiger partial charge in [-0.3, -0.25) is 0 Å². The topological polar surface area (TPSA) is 12.0 Å². The van der Waals surface area contributed by atoms with Crippen LogP contribution < -0.4 is 5.32 Å². The normalized spacial score (nSPS) is 12.9. The SMILES string of the molecule is CC(CNCc1csc(Br)c1)c1ccsc1. The lowest BCUT2D eigenvalue weighted by Crippen LogP contribution is -2.19. The summed E-state index contributed by atoms with van der Waals surface area (Å²) >= 11 is 6.98. The maximum absolute atomic E-state index is 3.49. The van der Waals surface area contributed by atoms with Crippen molar-refractivity contribution in [3.8, 4) is 0 Å². The molecule has 2 aromatic heterocycles. The second-order valence-corrected chi connectivity index (χ2v) is 6.92. The molecule has 1 atom stereocenters. The molecule has 86 valence electrons. The molecule has 1 nitrogen and oxygen atoms in total. The third-order valence-electron chi connectivity index (χ3n) is 2.51. The van der Waals surface area contributed by atoms with Gasteiger partial charge in [0.2, 0.25) is 0 Å². The minimum atomic E-state index is 0.591. The molecule has 16 heavy (non-hydrogen) atoms. The second kappa shape index (κ2) is 5.96. The van der Waals surface area contributed by atoms with Crippen molar-refractivity contribution in [2.45, 2.75) is 19.4 Å². The standard InChI is InChI=1S/C12H14BrNS2/c1-9(11-2-3-15-8-11)5-14-6-10-4-12(13)16-7-10/h2-4,7-9,14H,5-6H2,1H3. The molecule has 0 spiro atoms. The number of rotatable bonds is 5. The van der Waals surface area contributed by atoms with Gasteiger partial charge in [-0.25, -0.2) is 0 Å². The lowest BCUT2D eigenvalue weighted by atomic mass is 10.1. The van der Waals surface area contributed by atoms with Crippen molar-refractivity contribution in [1.82, 2.24) is 5.32 Å². The number of hydrogen-bond acceptors (Lipinski definition) is 3. The van der Waals surface area contributed by atoms with Crippen LogP contribution in [0.25, 0.3) is 0 Å². The fourth-order valence-corrected chi connectivity index (χ4v) is 3.54. The molecule has 2 heterocycles. The van der Waals surface area contributed by atoms with E-state index in [0.29, 0.717) is 5.92 Å². The first-order chi connectivity index (χ1) is 7.75. The Kier molecular flexibility index (Phi) is 4.58. The molecule has 1 N–H and O–H groups in total. The van der Waals surface area contributed by atoms with E-state index in [0.717, 1.165) is 13.1 Å². The van der Waals surface area contributed by atoms with Gasteiger partial charge in [-0.1, -0.05) is 6.92 Å². The van der Waals surface area contributed by atoms with Crippen LogP contribution in [0.1, 0.15) is 24.0 Å². The Balaban J connectivity index is 1.76. The minimum absolute atomic E-state index is 0.591. The van der Waals surface area contributed by atoms with Crippen LogP contribution in [0, 0.1) is 0 Å². The van der Waals surface area contributed by atoms with E-state index in [1.54, 1.807) is 22.7 Å². The van der Waals surface area contributed by atoms with Crippen LogP contribution in [0.4, 0.5) is 0 Å². The highest BCUT2D eigenvalue weighted by Gasteiger charge is 2.05. The first kappa shape index (κ1) is 12.3. The molecule has 0 bridgehead atoms. The molecule has 0 fully saturated rings. The van der Waals surface area contributed by atoms with Crippen molar-refractivity contribution < 1.29 is 0 Å². The predicted octanol–water partition coefficient (Wildman–Crippen LogP) is 4.47.